The van der Waals surface area contributed by atoms with Crippen LogP contribution in [0.15, 0.2) is 36.5 Å². The van der Waals surface area contributed by atoms with Crippen molar-refractivity contribution in [1.29, 1.82) is 0 Å². The molecule has 0 aliphatic carbocycles. The summed E-state index contributed by atoms with van der Waals surface area (Å²) < 4.78 is 1.77. The third-order valence-corrected chi connectivity index (χ3v) is 4.42. The maximum atomic E-state index is 12.2. The van der Waals surface area contributed by atoms with Crippen molar-refractivity contribution in [3.8, 4) is 0 Å². The predicted octanol–water partition coefficient (Wildman–Crippen LogP) is 2.51. The molecule has 1 atom stereocenters. The SMILES string of the molecule is CC1CCC(=O)N1c1cccc(NC(=O)CCc2ccnn2C)c1. The van der Waals surface area contributed by atoms with E-state index in [1.165, 1.54) is 0 Å². The maximum absolute atomic E-state index is 12.2. The van der Waals surface area contributed by atoms with Gasteiger partial charge in [-0.05, 0) is 44.0 Å². The van der Waals surface area contributed by atoms with Gasteiger partial charge < -0.3 is 10.2 Å². The van der Waals surface area contributed by atoms with E-state index in [9.17, 15) is 9.59 Å². The van der Waals surface area contributed by atoms with Crippen molar-refractivity contribution in [2.45, 2.75) is 38.6 Å². The average Bonchev–Trinajstić information content (AvgIpc) is 3.11. The van der Waals surface area contributed by atoms with Gasteiger partial charge in [-0.2, -0.15) is 5.10 Å². The van der Waals surface area contributed by atoms with Gasteiger partial charge >= 0.3 is 0 Å². The zero-order valence-electron chi connectivity index (χ0n) is 14.0. The molecule has 6 nitrogen and oxygen atoms in total. The third kappa shape index (κ3) is 3.48. The number of carbonyl (C=O) groups excluding carboxylic acids is 2. The largest absolute Gasteiger partial charge is 0.326 e. The Morgan fingerprint density at radius 3 is 2.88 bits per heavy atom. The zero-order valence-corrected chi connectivity index (χ0v) is 14.0. The van der Waals surface area contributed by atoms with E-state index in [-0.39, 0.29) is 17.9 Å². The molecular formula is C18H22N4O2. The summed E-state index contributed by atoms with van der Waals surface area (Å²) in [4.78, 5) is 26.0. The van der Waals surface area contributed by atoms with Crippen LogP contribution < -0.4 is 10.2 Å². The van der Waals surface area contributed by atoms with Crippen molar-refractivity contribution in [3.63, 3.8) is 0 Å². The lowest BCUT2D eigenvalue weighted by molar-refractivity contribution is -0.117. The highest BCUT2D eigenvalue weighted by molar-refractivity contribution is 5.97. The van der Waals surface area contributed by atoms with E-state index in [4.69, 9.17) is 0 Å². The lowest BCUT2D eigenvalue weighted by atomic mass is 10.2. The number of hydrogen-bond donors (Lipinski definition) is 1. The fourth-order valence-electron chi connectivity index (χ4n) is 3.07. The van der Waals surface area contributed by atoms with E-state index < -0.39 is 0 Å². The van der Waals surface area contributed by atoms with Crippen LogP contribution in [-0.4, -0.2) is 27.6 Å². The number of amides is 2. The van der Waals surface area contributed by atoms with Crippen LogP contribution >= 0.6 is 0 Å². The van der Waals surface area contributed by atoms with Gasteiger partial charge in [-0.1, -0.05) is 6.07 Å². The molecule has 6 heteroatoms. The number of benzene rings is 1. The molecule has 1 unspecified atom stereocenters. The number of hydrogen-bond acceptors (Lipinski definition) is 3. The summed E-state index contributed by atoms with van der Waals surface area (Å²) in [5.74, 6) is 0.0938. The smallest absolute Gasteiger partial charge is 0.227 e. The second-order valence-electron chi connectivity index (χ2n) is 6.20. The van der Waals surface area contributed by atoms with Gasteiger partial charge in [-0.25, -0.2) is 0 Å². The molecule has 1 N–H and O–H groups in total. The van der Waals surface area contributed by atoms with Crippen LogP contribution in [0.1, 0.15) is 31.9 Å². The first-order chi connectivity index (χ1) is 11.5. The molecule has 126 valence electrons. The Kier molecular flexibility index (Phi) is 4.64. The molecule has 2 heterocycles. The Balaban J connectivity index is 1.63. The van der Waals surface area contributed by atoms with Gasteiger partial charge in [-0.3, -0.25) is 14.3 Å². The molecule has 3 rings (SSSR count). The van der Waals surface area contributed by atoms with Gasteiger partial charge in [0.05, 0.1) is 0 Å². The molecule has 1 aliphatic rings. The van der Waals surface area contributed by atoms with Crippen molar-refractivity contribution in [3.05, 3.63) is 42.2 Å². The van der Waals surface area contributed by atoms with Gasteiger partial charge in [0.15, 0.2) is 0 Å². The Hall–Kier alpha value is -2.63. The van der Waals surface area contributed by atoms with Crippen LogP contribution in [0.3, 0.4) is 0 Å². The fourth-order valence-corrected chi connectivity index (χ4v) is 3.07. The summed E-state index contributed by atoms with van der Waals surface area (Å²) in [6.07, 6.45) is 4.22. The highest BCUT2D eigenvalue weighted by Crippen LogP contribution is 2.28. The molecule has 2 amide bonds. The number of rotatable bonds is 5. The Morgan fingerprint density at radius 1 is 1.38 bits per heavy atom. The molecule has 0 radical (unpaired) electrons. The highest BCUT2D eigenvalue weighted by Gasteiger charge is 2.28. The van der Waals surface area contributed by atoms with Crippen LogP contribution in [-0.2, 0) is 23.1 Å². The monoisotopic (exact) mass is 326 g/mol. The molecular weight excluding hydrogens is 304 g/mol. The second kappa shape index (κ2) is 6.86. The summed E-state index contributed by atoms with van der Waals surface area (Å²) >= 11 is 0. The first-order valence-electron chi connectivity index (χ1n) is 8.23. The van der Waals surface area contributed by atoms with Crippen molar-refractivity contribution >= 4 is 23.2 Å². The van der Waals surface area contributed by atoms with Gasteiger partial charge in [0, 0.05) is 49.2 Å². The number of nitrogens with zero attached hydrogens (tertiary/aromatic N) is 3. The van der Waals surface area contributed by atoms with E-state index in [1.54, 1.807) is 10.9 Å². The summed E-state index contributed by atoms with van der Waals surface area (Å²) in [5, 5.41) is 7.01. The number of nitrogens with one attached hydrogen (secondary N) is 1. The molecule has 2 aromatic rings. The lowest BCUT2D eigenvalue weighted by Gasteiger charge is -2.22. The van der Waals surface area contributed by atoms with Gasteiger partial charge in [0.25, 0.3) is 0 Å². The van der Waals surface area contributed by atoms with Gasteiger partial charge in [0.1, 0.15) is 0 Å². The molecule has 1 saturated heterocycles. The van der Waals surface area contributed by atoms with E-state index in [1.807, 2.05) is 49.2 Å². The average molecular weight is 326 g/mol. The number of aromatic nitrogens is 2. The zero-order chi connectivity index (χ0) is 17.1. The number of carbonyl (C=O) groups is 2. The van der Waals surface area contributed by atoms with Crippen LogP contribution in [0.4, 0.5) is 11.4 Å². The van der Waals surface area contributed by atoms with Gasteiger partial charge in [-0.15, -0.1) is 0 Å². The van der Waals surface area contributed by atoms with E-state index in [2.05, 4.69) is 10.4 Å². The minimum atomic E-state index is -0.0471. The molecule has 0 spiro atoms. The number of anilines is 2. The van der Waals surface area contributed by atoms with E-state index in [0.29, 0.717) is 19.3 Å². The van der Waals surface area contributed by atoms with Crippen LogP contribution in [0.25, 0.3) is 0 Å². The topological polar surface area (TPSA) is 67.2 Å². The Morgan fingerprint density at radius 2 is 2.21 bits per heavy atom. The maximum Gasteiger partial charge on any atom is 0.227 e. The quantitative estimate of drug-likeness (QED) is 0.918. The van der Waals surface area contributed by atoms with E-state index >= 15 is 0 Å². The first-order valence-corrected chi connectivity index (χ1v) is 8.23. The summed E-state index contributed by atoms with van der Waals surface area (Å²) in [7, 11) is 1.87. The van der Waals surface area contributed by atoms with Crippen molar-refractivity contribution in [2.75, 3.05) is 10.2 Å². The minimum Gasteiger partial charge on any atom is -0.326 e. The Labute approximate surface area is 141 Å². The summed E-state index contributed by atoms with van der Waals surface area (Å²) in [6.45, 7) is 2.05. The molecule has 1 aliphatic heterocycles. The van der Waals surface area contributed by atoms with Crippen LogP contribution in [0, 0.1) is 0 Å². The normalized spacial score (nSPS) is 17.3. The standard InChI is InChI=1S/C18H22N4O2/c1-13-6-9-18(24)22(13)16-5-3-4-14(12-16)20-17(23)8-7-15-10-11-19-21(15)2/h3-5,10-13H,6-9H2,1-2H3,(H,20,23). The van der Waals surface area contributed by atoms with Crippen molar-refractivity contribution < 1.29 is 9.59 Å². The lowest BCUT2D eigenvalue weighted by Crippen LogP contribution is -2.30. The predicted molar refractivity (Wildman–Crippen MR) is 92.8 cm³/mol. The molecule has 0 bridgehead atoms. The summed E-state index contributed by atoms with van der Waals surface area (Å²) in [5.41, 5.74) is 2.58. The van der Waals surface area contributed by atoms with Crippen LogP contribution in [0.2, 0.25) is 0 Å². The van der Waals surface area contributed by atoms with Crippen molar-refractivity contribution in [2.24, 2.45) is 7.05 Å². The molecule has 1 aromatic heterocycles. The van der Waals surface area contributed by atoms with Crippen molar-refractivity contribution in [1.82, 2.24) is 9.78 Å². The highest BCUT2D eigenvalue weighted by atomic mass is 16.2. The fraction of sp³-hybridized carbons (Fsp3) is 0.389. The number of aryl methyl sites for hydroxylation is 2. The second-order valence-corrected chi connectivity index (χ2v) is 6.20. The minimum absolute atomic E-state index is 0.0471. The molecule has 1 fully saturated rings. The molecule has 0 saturated carbocycles. The molecule has 24 heavy (non-hydrogen) atoms. The Bertz CT molecular complexity index is 753. The molecule has 1 aromatic carbocycles. The summed E-state index contributed by atoms with van der Waals surface area (Å²) in [6, 6.07) is 9.59. The van der Waals surface area contributed by atoms with Gasteiger partial charge in [0.2, 0.25) is 11.8 Å². The van der Waals surface area contributed by atoms with Crippen LogP contribution in [0.5, 0.6) is 0 Å². The third-order valence-electron chi connectivity index (χ3n) is 4.42. The first kappa shape index (κ1) is 16.2. The van der Waals surface area contributed by atoms with E-state index in [0.717, 1.165) is 23.5 Å².